The van der Waals surface area contributed by atoms with E-state index in [-0.39, 0.29) is 5.97 Å². The fourth-order valence-corrected chi connectivity index (χ4v) is 3.69. The summed E-state index contributed by atoms with van der Waals surface area (Å²) in [6.07, 6.45) is 4.47. The lowest BCUT2D eigenvalue weighted by molar-refractivity contribution is -0.146. The summed E-state index contributed by atoms with van der Waals surface area (Å²) in [4.78, 5) is 19.4. The van der Waals surface area contributed by atoms with Crippen molar-refractivity contribution in [2.75, 3.05) is 7.11 Å². The van der Waals surface area contributed by atoms with Crippen molar-refractivity contribution in [3.63, 3.8) is 0 Å². The highest BCUT2D eigenvalue weighted by Gasteiger charge is 2.39. The van der Waals surface area contributed by atoms with Crippen LogP contribution in [0.3, 0.4) is 0 Å². The fourth-order valence-electron chi connectivity index (χ4n) is 3.69. The third-order valence-corrected chi connectivity index (χ3v) is 5.04. The van der Waals surface area contributed by atoms with E-state index in [1.54, 1.807) is 0 Å². The van der Waals surface area contributed by atoms with Gasteiger partial charge in [-0.25, -0.2) is 0 Å². The van der Waals surface area contributed by atoms with E-state index in [1.165, 1.54) is 7.11 Å². The second-order valence-corrected chi connectivity index (χ2v) is 6.61. The van der Waals surface area contributed by atoms with Crippen molar-refractivity contribution in [1.82, 2.24) is 9.97 Å². The molecule has 126 valence electrons. The molecule has 0 aliphatic carbocycles. The first-order valence-electron chi connectivity index (χ1n) is 8.33. The number of aromatic amines is 2. The van der Waals surface area contributed by atoms with Crippen LogP contribution in [0, 0.1) is 0 Å². The molecule has 0 aliphatic heterocycles. The van der Waals surface area contributed by atoms with E-state index in [9.17, 15) is 4.79 Å². The summed E-state index contributed by atoms with van der Waals surface area (Å²) in [5.74, 6) is -0.234. The molecule has 0 fully saturated rings. The smallest absolute Gasteiger partial charge is 0.316 e. The Bertz CT molecular complexity index is 1060. The lowest BCUT2D eigenvalue weighted by Crippen LogP contribution is -2.36. The van der Waals surface area contributed by atoms with E-state index >= 15 is 0 Å². The largest absolute Gasteiger partial charge is 0.468 e. The van der Waals surface area contributed by atoms with Crippen LogP contribution in [0.1, 0.15) is 18.1 Å². The Morgan fingerprint density at radius 1 is 0.960 bits per heavy atom. The SMILES string of the molecule is COC(=O)C(C)(Cc1c[nH]c2ccccc12)c1c[nH]c2ccccc12. The first kappa shape index (κ1) is 15.5. The summed E-state index contributed by atoms with van der Waals surface area (Å²) < 4.78 is 5.19. The van der Waals surface area contributed by atoms with Crippen molar-refractivity contribution in [3.05, 3.63) is 72.1 Å². The third-order valence-electron chi connectivity index (χ3n) is 5.04. The molecule has 0 aliphatic rings. The van der Waals surface area contributed by atoms with Crippen molar-refractivity contribution in [3.8, 4) is 0 Å². The van der Waals surface area contributed by atoms with Gasteiger partial charge in [0.15, 0.2) is 0 Å². The minimum atomic E-state index is -0.778. The average Bonchev–Trinajstić information content (AvgIpc) is 3.25. The highest BCUT2D eigenvalue weighted by molar-refractivity contribution is 5.93. The zero-order valence-electron chi connectivity index (χ0n) is 14.3. The Morgan fingerprint density at radius 3 is 2.28 bits per heavy atom. The van der Waals surface area contributed by atoms with Crippen LogP contribution in [-0.4, -0.2) is 23.0 Å². The molecule has 2 aromatic heterocycles. The molecule has 4 rings (SSSR count). The van der Waals surface area contributed by atoms with E-state index in [4.69, 9.17) is 4.74 Å². The van der Waals surface area contributed by atoms with Gasteiger partial charge in [-0.1, -0.05) is 36.4 Å². The maximum atomic E-state index is 12.8. The van der Waals surface area contributed by atoms with Crippen LogP contribution in [0.4, 0.5) is 0 Å². The summed E-state index contributed by atoms with van der Waals surface area (Å²) in [5, 5.41) is 2.19. The molecule has 25 heavy (non-hydrogen) atoms. The average molecular weight is 332 g/mol. The zero-order valence-corrected chi connectivity index (χ0v) is 14.3. The van der Waals surface area contributed by atoms with Gasteiger partial charge in [-0.2, -0.15) is 0 Å². The Labute approximate surface area is 145 Å². The van der Waals surface area contributed by atoms with Crippen LogP contribution < -0.4 is 0 Å². The molecular formula is C21H20N2O2. The molecule has 0 amide bonds. The summed E-state index contributed by atoms with van der Waals surface area (Å²) in [6, 6.07) is 16.2. The number of aromatic nitrogens is 2. The van der Waals surface area contributed by atoms with Gasteiger partial charge in [-0.15, -0.1) is 0 Å². The van der Waals surface area contributed by atoms with Gasteiger partial charge in [-0.05, 0) is 36.6 Å². The molecule has 0 saturated heterocycles. The van der Waals surface area contributed by atoms with Crippen molar-refractivity contribution in [1.29, 1.82) is 0 Å². The van der Waals surface area contributed by atoms with Gasteiger partial charge in [0.2, 0.25) is 0 Å². The number of esters is 1. The number of benzene rings is 2. The van der Waals surface area contributed by atoms with Crippen molar-refractivity contribution >= 4 is 27.8 Å². The zero-order chi connectivity index (χ0) is 17.4. The molecular weight excluding hydrogens is 312 g/mol. The van der Waals surface area contributed by atoms with E-state index in [0.29, 0.717) is 6.42 Å². The molecule has 4 aromatic rings. The second-order valence-electron chi connectivity index (χ2n) is 6.61. The van der Waals surface area contributed by atoms with Gasteiger partial charge >= 0.3 is 5.97 Å². The number of hydrogen-bond donors (Lipinski definition) is 2. The normalized spacial score (nSPS) is 13.8. The number of carbonyl (C=O) groups excluding carboxylic acids is 1. The van der Waals surface area contributed by atoms with Gasteiger partial charge in [-0.3, -0.25) is 4.79 Å². The molecule has 1 unspecified atom stereocenters. The fraction of sp³-hybridized carbons (Fsp3) is 0.190. The Balaban J connectivity index is 1.86. The maximum absolute atomic E-state index is 12.8. The molecule has 2 aromatic carbocycles. The lowest BCUT2D eigenvalue weighted by atomic mass is 9.77. The number of carbonyl (C=O) groups is 1. The number of H-pyrrole nitrogens is 2. The Hall–Kier alpha value is -3.01. The van der Waals surface area contributed by atoms with Crippen LogP contribution >= 0.6 is 0 Å². The number of para-hydroxylation sites is 2. The van der Waals surface area contributed by atoms with Gasteiger partial charge < -0.3 is 14.7 Å². The van der Waals surface area contributed by atoms with E-state index in [1.807, 2.05) is 61.8 Å². The number of nitrogens with one attached hydrogen (secondary N) is 2. The summed E-state index contributed by atoms with van der Waals surface area (Å²) in [5.41, 5.74) is 3.38. The maximum Gasteiger partial charge on any atom is 0.316 e. The highest BCUT2D eigenvalue weighted by Crippen LogP contribution is 2.36. The predicted octanol–water partition coefficient (Wildman–Crippen LogP) is 4.32. The number of methoxy groups -OCH3 is 1. The van der Waals surface area contributed by atoms with Crippen molar-refractivity contribution in [2.24, 2.45) is 0 Å². The summed E-state index contributed by atoms with van der Waals surface area (Å²) in [7, 11) is 1.45. The standard InChI is InChI=1S/C21H20N2O2/c1-21(20(24)25-2,17-13-23-19-10-6-4-8-16(17)19)11-14-12-22-18-9-5-3-7-15(14)18/h3-10,12-13,22-23H,11H2,1-2H3. The quantitative estimate of drug-likeness (QED) is 0.547. The van der Waals surface area contributed by atoms with Crippen LogP contribution in [-0.2, 0) is 21.4 Å². The molecule has 4 heteroatoms. The molecule has 0 bridgehead atoms. The number of ether oxygens (including phenoxy) is 1. The first-order chi connectivity index (χ1) is 12.1. The lowest BCUT2D eigenvalue weighted by Gasteiger charge is -2.26. The monoisotopic (exact) mass is 332 g/mol. The Kier molecular flexibility index (Phi) is 3.61. The molecule has 0 saturated carbocycles. The number of rotatable bonds is 4. The van der Waals surface area contributed by atoms with Crippen LogP contribution in [0.5, 0.6) is 0 Å². The topological polar surface area (TPSA) is 57.9 Å². The van der Waals surface area contributed by atoms with E-state index in [2.05, 4.69) is 16.0 Å². The van der Waals surface area contributed by atoms with Crippen molar-refractivity contribution in [2.45, 2.75) is 18.8 Å². The van der Waals surface area contributed by atoms with Crippen LogP contribution in [0.2, 0.25) is 0 Å². The minimum Gasteiger partial charge on any atom is -0.468 e. The van der Waals surface area contributed by atoms with Gasteiger partial charge in [0.05, 0.1) is 12.5 Å². The van der Waals surface area contributed by atoms with E-state index < -0.39 is 5.41 Å². The predicted molar refractivity (Wildman–Crippen MR) is 99.7 cm³/mol. The van der Waals surface area contributed by atoms with Gasteiger partial charge in [0.25, 0.3) is 0 Å². The van der Waals surface area contributed by atoms with Crippen LogP contribution in [0.25, 0.3) is 21.8 Å². The Morgan fingerprint density at radius 2 is 1.56 bits per heavy atom. The molecule has 4 nitrogen and oxygen atoms in total. The van der Waals surface area contributed by atoms with Gasteiger partial charge in [0.1, 0.15) is 0 Å². The highest BCUT2D eigenvalue weighted by atomic mass is 16.5. The number of hydrogen-bond acceptors (Lipinski definition) is 2. The number of fused-ring (bicyclic) bond motifs is 2. The second kappa shape index (κ2) is 5.81. The third kappa shape index (κ3) is 2.41. The van der Waals surface area contributed by atoms with Crippen LogP contribution in [0.15, 0.2) is 60.9 Å². The first-order valence-corrected chi connectivity index (χ1v) is 8.33. The molecule has 2 N–H and O–H groups in total. The van der Waals surface area contributed by atoms with Gasteiger partial charge in [0, 0.05) is 34.2 Å². The molecule has 1 atom stereocenters. The van der Waals surface area contributed by atoms with Crippen molar-refractivity contribution < 1.29 is 9.53 Å². The van der Waals surface area contributed by atoms with E-state index in [0.717, 1.165) is 32.9 Å². The summed E-state index contributed by atoms with van der Waals surface area (Å²) in [6.45, 7) is 1.95. The minimum absolute atomic E-state index is 0.234. The summed E-state index contributed by atoms with van der Waals surface area (Å²) >= 11 is 0. The molecule has 0 spiro atoms. The molecule has 2 heterocycles. The molecule has 0 radical (unpaired) electrons.